The van der Waals surface area contributed by atoms with Crippen LogP contribution < -0.4 is 0 Å². The molecule has 0 spiro atoms. The van der Waals surface area contributed by atoms with Crippen molar-refractivity contribution in [2.24, 2.45) is 0 Å². The van der Waals surface area contributed by atoms with Gasteiger partial charge in [0.25, 0.3) is 0 Å². The van der Waals surface area contributed by atoms with Gasteiger partial charge in [-0.2, -0.15) is 5.10 Å². The molecule has 0 bridgehead atoms. The Morgan fingerprint density at radius 2 is 1.65 bits per heavy atom. The molecule has 0 unspecified atom stereocenters. The number of benzene rings is 1. The van der Waals surface area contributed by atoms with Crippen LogP contribution in [-0.2, 0) is 12.8 Å². The maximum atomic E-state index is 10.4. The molecule has 1 aromatic carbocycles. The van der Waals surface area contributed by atoms with Crippen LogP contribution in [0.2, 0.25) is 0 Å². The summed E-state index contributed by atoms with van der Waals surface area (Å²) in [5.41, 5.74) is 2.81. The minimum atomic E-state index is 0.399. The SMILES string of the molecule is CCCCc1nn(-c2ccccc2)c(CCCC)c1O. The first-order valence-corrected chi connectivity index (χ1v) is 7.63. The van der Waals surface area contributed by atoms with Crippen LogP contribution in [0.15, 0.2) is 30.3 Å². The fourth-order valence-corrected chi connectivity index (χ4v) is 2.36. The van der Waals surface area contributed by atoms with E-state index in [4.69, 9.17) is 0 Å². The predicted molar refractivity (Wildman–Crippen MR) is 82.5 cm³/mol. The lowest BCUT2D eigenvalue weighted by Gasteiger charge is -2.06. The Kier molecular flexibility index (Phi) is 5.22. The Labute approximate surface area is 121 Å². The smallest absolute Gasteiger partial charge is 0.160 e. The third kappa shape index (κ3) is 3.21. The number of aromatic nitrogens is 2. The zero-order valence-electron chi connectivity index (χ0n) is 12.5. The van der Waals surface area contributed by atoms with E-state index in [1.54, 1.807) is 0 Å². The third-order valence-corrected chi connectivity index (χ3v) is 3.56. The fourth-order valence-electron chi connectivity index (χ4n) is 2.36. The summed E-state index contributed by atoms with van der Waals surface area (Å²) in [7, 11) is 0. The van der Waals surface area contributed by atoms with E-state index >= 15 is 0 Å². The van der Waals surface area contributed by atoms with E-state index in [1.807, 2.05) is 35.0 Å². The van der Waals surface area contributed by atoms with Crippen LogP contribution in [0.1, 0.15) is 50.9 Å². The second-order valence-electron chi connectivity index (χ2n) is 5.20. The van der Waals surface area contributed by atoms with Gasteiger partial charge in [0.2, 0.25) is 0 Å². The van der Waals surface area contributed by atoms with Gasteiger partial charge in [-0.3, -0.25) is 0 Å². The second-order valence-corrected chi connectivity index (χ2v) is 5.20. The summed E-state index contributed by atoms with van der Waals surface area (Å²) < 4.78 is 1.91. The minimum absolute atomic E-state index is 0.399. The summed E-state index contributed by atoms with van der Waals surface area (Å²) >= 11 is 0. The average Bonchev–Trinajstić information content (AvgIpc) is 2.80. The molecule has 2 rings (SSSR count). The monoisotopic (exact) mass is 272 g/mol. The Hall–Kier alpha value is -1.77. The van der Waals surface area contributed by atoms with Gasteiger partial charge in [0.1, 0.15) is 5.69 Å². The molecular weight excluding hydrogens is 248 g/mol. The van der Waals surface area contributed by atoms with Gasteiger partial charge in [-0.25, -0.2) is 4.68 Å². The van der Waals surface area contributed by atoms with E-state index in [-0.39, 0.29) is 0 Å². The van der Waals surface area contributed by atoms with E-state index in [0.717, 1.165) is 55.6 Å². The molecule has 2 aromatic rings. The van der Waals surface area contributed by atoms with Crippen LogP contribution in [0.4, 0.5) is 0 Å². The summed E-state index contributed by atoms with van der Waals surface area (Å²) in [5.74, 6) is 0.399. The summed E-state index contributed by atoms with van der Waals surface area (Å²) in [5, 5.41) is 15.1. The Morgan fingerprint density at radius 1 is 1.00 bits per heavy atom. The largest absolute Gasteiger partial charge is 0.504 e. The molecule has 108 valence electrons. The highest BCUT2D eigenvalue weighted by Crippen LogP contribution is 2.27. The first kappa shape index (κ1) is 14.6. The molecule has 20 heavy (non-hydrogen) atoms. The number of hydrogen-bond acceptors (Lipinski definition) is 2. The van der Waals surface area contributed by atoms with Crippen LogP contribution in [0.3, 0.4) is 0 Å². The van der Waals surface area contributed by atoms with Gasteiger partial charge in [-0.1, -0.05) is 44.9 Å². The van der Waals surface area contributed by atoms with Crippen molar-refractivity contribution in [1.29, 1.82) is 0 Å². The topological polar surface area (TPSA) is 38.0 Å². The van der Waals surface area contributed by atoms with Gasteiger partial charge in [0.15, 0.2) is 5.75 Å². The highest BCUT2D eigenvalue weighted by Gasteiger charge is 2.17. The molecule has 0 aliphatic rings. The maximum absolute atomic E-state index is 10.4. The molecule has 0 saturated heterocycles. The summed E-state index contributed by atoms with van der Waals surface area (Å²) in [4.78, 5) is 0. The molecule has 0 aliphatic carbocycles. The molecule has 3 nitrogen and oxygen atoms in total. The van der Waals surface area contributed by atoms with Crippen LogP contribution in [-0.4, -0.2) is 14.9 Å². The first-order chi connectivity index (χ1) is 9.77. The van der Waals surface area contributed by atoms with Gasteiger partial charge in [0, 0.05) is 0 Å². The molecule has 1 aromatic heterocycles. The number of para-hydroxylation sites is 1. The number of unbranched alkanes of at least 4 members (excludes halogenated alkanes) is 2. The van der Waals surface area contributed by atoms with Crippen LogP contribution in [0.25, 0.3) is 5.69 Å². The number of nitrogens with zero attached hydrogens (tertiary/aromatic N) is 2. The van der Waals surface area contributed by atoms with Crippen molar-refractivity contribution in [1.82, 2.24) is 9.78 Å². The average molecular weight is 272 g/mol. The molecule has 0 radical (unpaired) electrons. The van der Waals surface area contributed by atoms with E-state index in [2.05, 4.69) is 18.9 Å². The van der Waals surface area contributed by atoms with Crippen LogP contribution in [0, 0.1) is 0 Å². The minimum Gasteiger partial charge on any atom is -0.504 e. The lowest BCUT2D eigenvalue weighted by molar-refractivity contribution is 0.458. The van der Waals surface area contributed by atoms with Crippen molar-refractivity contribution in [3.8, 4) is 11.4 Å². The highest BCUT2D eigenvalue weighted by molar-refractivity contribution is 5.41. The lowest BCUT2D eigenvalue weighted by Crippen LogP contribution is -2.02. The summed E-state index contributed by atoms with van der Waals surface area (Å²) in [6.07, 6.45) is 6.08. The van der Waals surface area contributed by atoms with Crippen molar-refractivity contribution in [3.05, 3.63) is 41.7 Å². The van der Waals surface area contributed by atoms with Gasteiger partial charge in [-0.15, -0.1) is 0 Å². The molecule has 0 amide bonds. The Bertz CT molecular complexity index is 531. The predicted octanol–water partition coefficient (Wildman–Crippen LogP) is 4.26. The summed E-state index contributed by atoms with van der Waals surface area (Å²) in [6, 6.07) is 10.1. The maximum Gasteiger partial charge on any atom is 0.160 e. The van der Waals surface area contributed by atoms with E-state index in [9.17, 15) is 5.11 Å². The molecule has 1 heterocycles. The number of aromatic hydroxyl groups is 1. The Balaban J connectivity index is 2.37. The number of aryl methyl sites for hydroxylation is 1. The van der Waals surface area contributed by atoms with Crippen molar-refractivity contribution >= 4 is 0 Å². The lowest BCUT2D eigenvalue weighted by atomic mass is 10.1. The van der Waals surface area contributed by atoms with Crippen LogP contribution >= 0.6 is 0 Å². The molecule has 1 N–H and O–H groups in total. The molecule has 3 heteroatoms. The third-order valence-electron chi connectivity index (χ3n) is 3.56. The van der Waals surface area contributed by atoms with Gasteiger partial charge < -0.3 is 5.11 Å². The fraction of sp³-hybridized carbons (Fsp3) is 0.471. The number of rotatable bonds is 7. The van der Waals surface area contributed by atoms with Gasteiger partial charge in [0.05, 0.1) is 11.4 Å². The standard InChI is InChI=1S/C17H24N2O/c1-3-5-12-15-17(20)16(13-6-4-2)19(18-15)14-10-8-7-9-11-14/h7-11,20H,3-6,12-13H2,1-2H3. The van der Waals surface area contributed by atoms with Gasteiger partial charge >= 0.3 is 0 Å². The van der Waals surface area contributed by atoms with E-state index in [0.29, 0.717) is 5.75 Å². The Morgan fingerprint density at radius 3 is 2.30 bits per heavy atom. The molecular formula is C17H24N2O. The van der Waals surface area contributed by atoms with Crippen molar-refractivity contribution in [2.45, 2.75) is 52.4 Å². The first-order valence-electron chi connectivity index (χ1n) is 7.63. The number of hydrogen-bond donors (Lipinski definition) is 1. The molecule has 0 saturated carbocycles. The summed E-state index contributed by atoms with van der Waals surface area (Å²) in [6.45, 7) is 4.32. The van der Waals surface area contributed by atoms with Crippen molar-refractivity contribution in [3.63, 3.8) is 0 Å². The second kappa shape index (κ2) is 7.13. The molecule has 0 aliphatic heterocycles. The zero-order valence-corrected chi connectivity index (χ0v) is 12.5. The van der Waals surface area contributed by atoms with Crippen molar-refractivity contribution < 1.29 is 5.11 Å². The normalized spacial score (nSPS) is 10.9. The van der Waals surface area contributed by atoms with Gasteiger partial charge in [-0.05, 0) is 37.8 Å². The quantitative estimate of drug-likeness (QED) is 0.817. The zero-order chi connectivity index (χ0) is 14.4. The van der Waals surface area contributed by atoms with E-state index in [1.165, 1.54) is 0 Å². The van der Waals surface area contributed by atoms with Crippen LogP contribution in [0.5, 0.6) is 5.75 Å². The molecule has 0 fully saturated rings. The molecule has 0 atom stereocenters. The highest BCUT2D eigenvalue weighted by atomic mass is 16.3. The van der Waals surface area contributed by atoms with Crippen molar-refractivity contribution in [2.75, 3.05) is 0 Å². The van der Waals surface area contributed by atoms with E-state index < -0.39 is 0 Å².